The van der Waals surface area contributed by atoms with Gasteiger partial charge in [-0.3, -0.25) is 0 Å². The van der Waals surface area contributed by atoms with E-state index in [4.69, 9.17) is 5.11 Å². The summed E-state index contributed by atoms with van der Waals surface area (Å²) >= 11 is 0. The van der Waals surface area contributed by atoms with Gasteiger partial charge < -0.3 is 5.11 Å². The molecule has 0 fully saturated rings. The third-order valence-corrected chi connectivity index (χ3v) is 4.86. The molecule has 2 rings (SSSR count). The van der Waals surface area contributed by atoms with Crippen LogP contribution in [0.4, 0.5) is 0 Å². The zero-order valence-electron chi connectivity index (χ0n) is 11.1. The SMILES string of the molecule is CC1(C)CCCC2=C1CC[C@@](C)(CCO)C2. The molecule has 0 heterocycles. The van der Waals surface area contributed by atoms with Gasteiger partial charge in [0.1, 0.15) is 0 Å². The summed E-state index contributed by atoms with van der Waals surface area (Å²) in [7, 11) is 0. The van der Waals surface area contributed by atoms with Crippen molar-refractivity contribution in [3.63, 3.8) is 0 Å². The van der Waals surface area contributed by atoms with Gasteiger partial charge in [0, 0.05) is 6.61 Å². The van der Waals surface area contributed by atoms with Crippen LogP contribution in [0.5, 0.6) is 0 Å². The maximum absolute atomic E-state index is 9.17. The summed E-state index contributed by atoms with van der Waals surface area (Å²) in [5, 5.41) is 9.17. The lowest BCUT2D eigenvalue weighted by atomic mass is 9.61. The van der Waals surface area contributed by atoms with Gasteiger partial charge in [-0.25, -0.2) is 0 Å². The maximum Gasteiger partial charge on any atom is 0.0436 e. The van der Waals surface area contributed by atoms with Crippen molar-refractivity contribution >= 4 is 0 Å². The van der Waals surface area contributed by atoms with Crippen LogP contribution < -0.4 is 0 Å². The Labute approximate surface area is 99.9 Å². The van der Waals surface area contributed by atoms with E-state index in [1.54, 1.807) is 11.1 Å². The summed E-state index contributed by atoms with van der Waals surface area (Å²) in [6.45, 7) is 7.53. The Morgan fingerprint density at radius 2 is 1.88 bits per heavy atom. The predicted octanol–water partition coefficient (Wildman–Crippen LogP) is 4.07. The summed E-state index contributed by atoms with van der Waals surface area (Å²) in [4.78, 5) is 0. The number of aliphatic hydroxyl groups excluding tert-OH is 1. The van der Waals surface area contributed by atoms with E-state index in [0.717, 1.165) is 6.42 Å². The quantitative estimate of drug-likeness (QED) is 0.698. The highest BCUT2D eigenvalue weighted by atomic mass is 16.3. The lowest BCUT2D eigenvalue weighted by Gasteiger charge is -2.44. The second-order valence-corrected chi connectivity index (χ2v) is 6.78. The number of allylic oxidation sites excluding steroid dienone is 2. The molecule has 0 radical (unpaired) electrons. The van der Waals surface area contributed by atoms with Gasteiger partial charge in [0.15, 0.2) is 0 Å². The van der Waals surface area contributed by atoms with Crippen molar-refractivity contribution in [3.8, 4) is 0 Å². The van der Waals surface area contributed by atoms with Crippen LogP contribution in [0.25, 0.3) is 0 Å². The molecule has 0 aromatic heterocycles. The van der Waals surface area contributed by atoms with Crippen LogP contribution in [0.1, 0.15) is 65.7 Å². The molecule has 1 atom stereocenters. The van der Waals surface area contributed by atoms with Gasteiger partial charge >= 0.3 is 0 Å². The Hall–Kier alpha value is -0.300. The first-order valence-electron chi connectivity index (χ1n) is 6.79. The lowest BCUT2D eigenvalue weighted by Crippen LogP contribution is -2.30. The Morgan fingerprint density at radius 1 is 1.12 bits per heavy atom. The van der Waals surface area contributed by atoms with E-state index in [-0.39, 0.29) is 0 Å². The van der Waals surface area contributed by atoms with E-state index >= 15 is 0 Å². The number of hydrogen-bond donors (Lipinski definition) is 1. The van der Waals surface area contributed by atoms with E-state index < -0.39 is 0 Å². The van der Waals surface area contributed by atoms with Crippen LogP contribution >= 0.6 is 0 Å². The molecular weight excluding hydrogens is 196 g/mol. The van der Waals surface area contributed by atoms with Gasteiger partial charge in [-0.05, 0) is 55.8 Å². The standard InChI is InChI=1S/C15H26O/c1-14(2)7-4-5-12-11-15(3,9-10-16)8-6-13(12)14/h16H,4-11H2,1-3H3/t15-/m0/s1. The zero-order valence-corrected chi connectivity index (χ0v) is 11.1. The summed E-state index contributed by atoms with van der Waals surface area (Å²) in [6.07, 6.45) is 8.81. The smallest absolute Gasteiger partial charge is 0.0436 e. The normalized spacial score (nSPS) is 33.8. The highest BCUT2D eigenvalue weighted by Crippen LogP contribution is 2.51. The molecule has 1 heteroatoms. The van der Waals surface area contributed by atoms with E-state index in [9.17, 15) is 0 Å². The van der Waals surface area contributed by atoms with Crippen LogP contribution in [-0.2, 0) is 0 Å². The first-order valence-corrected chi connectivity index (χ1v) is 6.79. The summed E-state index contributed by atoms with van der Waals surface area (Å²) in [6, 6.07) is 0. The molecule has 0 unspecified atom stereocenters. The van der Waals surface area contributed by atoms with E-state index in [2.05, 4.69) is 20.8 Å². The highest BCUT2D eigenvalue weighted by molar-refractivity contribution is 5.27. The largest absolute Gasteiger partial charge is 0.396 e. The first kappa shape index (κ1) is 12.2. The molecule has 0 spiro atoms. The monoisotopic (exact) mass is 222 g/mol. The van der Waals surface area contributed by atoms with Gasteiger partial charge in [0.05, 0.1) is 0 Å². The molecule has 0 aromatic carbocycles. The molecule has 0 saturated carbocycles. The van der Waals surface area contributed by atoms with Crippen molar-refractivity contribution in [1.82, 2.24) is 0 Å². The van der Waals surface area contributed by atoms with Crippen molar-refractivity contribution in [2.45, 2.75) is 65.7 Å². The Kier molecular flexibility index (Phi) is 3.18. The van der Waals surface area contributed by atoms with Gasteiger partial charge in [0.25, 0.3) is 0 Å². The van der Waals surface area contributed by atoms with Gasteiger partial charge in [-0.15, -0.1) is 0 Å². The Balaban J connectivity index is 2.20. The summed E-state index contributed by atoms with van der Waals surface area (Å²) < 4.78 is 0. The highest BCUT2D eigenvalue weighted by Gasteiger charge is 2.37. The molecule has 0 bridgehead atoms. The van der Waals surface area contributed by atoms with Gasteiger partial charge in [-0.1, -0.05) is 31.9 Å². The van der Waals surface area contributed by atoms with Crippen molar-refractivity contribution < 1.29 is 5.11 Å². The summed E-state index contributed by atoms with van der Waals surface area (Å²) in [5.41, 5.74) is 4.32. The third-order valence-electron chi connectivity index (χ3n) is 4.86. The van der Waals surface area contributed by atoms with Crippen LogP contribution in [0.15, 0.2) is 11.1 Å². The molecule has 2 aliphatic rings. The minimum atomic E-state index is 0.350. The average Bonchev–Trinajstić information content (AvgIpc) is 2.16. The zero-order chi connectivity index (χ0) is 11.8. The number of rotatable bonds is 2. The van der Waals surface area contributed by atoms with Crippen LogP contribution in [0.3, 0.4) is 0 Å². The molecule has 0 amide bonds. The van der Waals surface area contributed by atoms with Crippen molar-refractivity contribution in [2.75, 3.05) is 6.61 Å². The van der Waals surface area contributed by atoms with Crippen LogP contribution in [-0.4, -0.2) is 11.7 Å². The predicted molar refractivity (Wildman–Crippen MR) is 68.3 cm³/mol. The first-order chi connectivity index (χ1) is 7.47. The van der Waals surface area contributed by atoms with Gasteiger partial charge in [0.2, 0.25) is 0 Å². The van der Waals surface area contributed by atoms with E-state index in [0.29, 0.717) is 17.4 Å². The Bertz CT molecular complexity index is 301. The van der Waals surface area contributed by atoms with Gasteiger partial charge in [-0.2, -0.15) is 0 Å². The molecule has 0 aromatic rings. The average molecular weight is 222 g/mol. The van der Waals surface area contributed by atoms with Crippen molar-refractivity contribution in [2.24, 2.45) is 10.8 Å². The topological polar surface area (TPSA) is 20.2 Å². The number of hydrogen-bond acceptors (Lipinski definition) is 1. The van der Waals surface area contributed by atoms with E-state index in [1.165, 1.54) is 38.5 Å². The molecule has 2 aliphatic carbocycles. The molecule has 16 heavy (non-hydrogen) atoms. The fourth-order valence-corrected chi connectivity index (χ4v) is 3.75. The fourth-order valence-electron chi connectivity index (χ4n) is 3.75. The summed E-state index contributed by atoms with van der Waals surface area (Å²) in [5.74, 6) is 0. The lowest BCUT2D eigenvalue weighted by molar-refractivity contribution is 0.165. The minimum Gasteiger partial charge on any atom is -0.396 e. The molecule has 92 valence electrons. The molecule has 0 aliphatic heterocycles. The van der Waals surface area contributed by atoms with E-state index in [1.807, 2.05) is 0 Å². The van der Waals surface area contributed by atoms with Crippen molar-refractivity contribution in [3.05, 3.63) is 11.1 Å². The van der Waals surface area contributed by atoms with Crippen molar-refractivity contribution in [1.29, 1.82) is 0 Å². The second kappa shape index (κ2) is 4.18. The van der Waals surface area contributed by atoms with Crippen LogP contribution in [0, 0.1) is 10.8 Å². The molecular formula is C15H26O. The number of aliphatic hydroxyl groups is 1. The fraction of sp³-hybridized carbons (Fsp3) is 0.867. The molecule has 1 N–H and O–H groups in total. The maximum atomic E-state index is 9.17. The second-order valence-electron chi connectivity index (χ2n) is 6.78. The Morgan fingerprint density at radius 3 is 2.56 bits per heavy atom. The minimum absolute atomic E-state index is 0.350. The van der Waals surface area contributed by atoms with Crippen LogP contribution in [0.2, 0.25) is 0 Å². The third kappa shape index (κ3) is 2.20. The molecule has 0 saturated heterocycles. The molecule has 1 nitrogen and oxygen atoms in total.